The maximum Gasteiger partial charge on any atom is 0.125 e. The Morgan fingerprint density at radius 1 is 0.524 bits per heavy atom. The van der Waals surface area contributed by atoms with Crippen LogP contribution in [0.5, 0.6) is 0 Å². The second kappa shape index (κ2) is 15.1. The Balaban J connectivity index is 4.22. The molecule has 0 heterocycles. The Kier molecular flexibility index (Phi) is 15.2. The van der Waals surface area contributed by atoms with Crippen molar-refractivity contribution in [3.8, 4) is 0 Å². The topological polar surface area (TPSA) is 12.0 Å². The first-order chi connectivity index (χ1) is 10.2. The van der Waals surface area contributed by atoms with Crippen LogP contribution in [0.2, 0.25) is 18.1 Å². The van der Waals surface area contributed by atoms with E-state index in [-0.39, 0.29) is 0 Å². The van der Waals surface area contributed by atoms with Crippen molar-refractivity contribution in [3.05, 3.63) is 0 Å². The minimum Gasteiger partial charge on any atom is -0.340 e. The minimum atomic E-state index is -1.17. The Bertz CT molecular complexity index is 174. The van der Waals surface area contributed by atoms with Crippen molar-refractivity contribution in [2.24, 2.45) is 0 Å². The smallest absolute Gasteiger partial charge is 0.125 e. The van der Waals surface area contributed by atoms with Gasteiger partial charge in [0.2, 0.25) is 0 Å². The summed E-state index contributed by atoms with van der Waals surface area (Å²) in [7, 11) is 1.10. The summed E-state index contributed by atoms with van der Waals surface area (Å²) in [6.07, 6.45) is 17.2. The summed E-state index contributed by atoms with van der Waals surface area (Å²) in [6, 6.07) is 4.59. The van der Waals surface area contributed by atoms with Gasteiger partial charge in [-0.15, -0.1) is 0 Å². The largest absolute Gasteiger partial charge is 0.340 e. The molecular formula is C19H43NSi. The molecule has 1 nitrogen and oxygen atoms in total. The summed E-state index contributed by atoms with van der Waals surface area (Å²) in [5.74, 6) is 0. The third-order valence-corrected chi connectivity index (χ3v) is 10.0. The van der Waals surface area contributed by atoms with Crippen LogP contribution in [0.25, 0.3) is 0 Å². The summed E-state index contributed by atoms with van der Waals surface area (Å²) in [5, 5.41) is 0. The Hall–Kier alpha value is 0.177. The fourth-order valence-electron chi connectivity index (χ4n) is 3.42. The van der Waals surface area contributed by atoms with Gasteiger partial charge in [-0.25, -0.2) is 0 Å². The molecule has 0 spiro atoms. The van der Waals surface area contributed by atoms with E-state index in [2.05, 4.69) is 32.8 Å². The van der Waals surface area contributed by atoms with E-state index in [0.717, 1.165) is 0 Å². The fourth-order valence-corrected chi connectivity index (χ4v) is 7.70. The van der Waals surface area contributed by atoms with Gasteiger partial charge in [-0.1, -0.05) is 97.8 Å². The van der Waals surface area contributed by atoms with Crippen LogP contribution in [0.3, 0.4) is 0 Å². The highest BCUT2D eigenvalue weighted by atomic mass is 28.3. The molecular weight excluding hydrogens is 270 g/mol. The molecule has 2 heteroatoms. The van der Waals surface area contributed by atoms with Crippen LogP contribution in [0.1, 0.15) is 97.8 Å². The molecule has 128 valence electrons. The van der Waals surface area contributed by atoms with Crippen LogP contribution in [-0.2, 0) is 0 Å². The molecule has 0 radical (unpaired) electrons. The van der Waals surface area contributed by atoms with Crippen LogP contribution in [-0.4, -0.2) is 15.3 Å². The summed E-state index contributed by atoms with van der Waals surface area (Å²) in [5.41, 5.74) is 0. The lowest BCUT2D eigenvalue weighted by molar-refractivity contribution is 0.657. The first-order valence-corrected chi connectivity index (χ1v) is 12.6. The zero-order valence-corrected chi connectivity index (χ0v) is 16.6. The molecule has 0 saturated carbocycles. The highest BCUT2D eigenvalue weighted by Crippen LogP contribution is 2.27. The van der Waals surface area contributed by atoms with Crippen molar-refractivity contribution in [2.45, 2.75) is 116 Å². The van der Waals surface area contributed by atoms with E-state index in [1.54, 1.807) is 0 Å². The van der Waals surface area contributed by atoms with E-state index in [1.165, 1.54) is 95.2 Å². The van der Waals surface area contributed by atoms with E-state index >= 15 is 0 Å². The Morgan fingerprint density at radius 3 is 1.10 bits per heavy atom. The molecule has 0 aliphatic carbocycles. The van der Waals surface area contributed by atoms with Crippen molar-refractivity contribution < 1.29 is 0 Å². The second-order valence-corrected chi connectivity index (χ2v) is 11.5. The average molecular weight is 314 g/mol. The van der Waals surface area contributed by atoms with Crippen LogP contribution >= 0.6 is 0 Å². The fraction of sp³-hybridized carbons (Fsp3) is 1.00. The zero-order chi connectivity index (χ0) is 15.8. The number of hydrogen-bond donors (Lipinski definition) is 1. The standard InChI is InChI=1S/C19H43NSi/c1-5-8-11-14-17-21(20-4,18-15-12-9-6-2)19-16-13-10-7-3/h20H,5-19H2,1-4H3. The van der Waals surface area contributed by atoms with Gasteiger partial charge >= 0.3 is 0 Å². The van der Waals surface area contributed by atoms with E-state index in [1.807, 2.05) is 0 Å². The van der Waals surface area contributed by atoms with Gasteiger partial charge in [0.05, 0.1) is 0 Å². The van der Waals surface area contributed by atoms with Crippen molar-refractivity contribution in [1.29, 1.82) is 0 Å². The van der Waals surface area contributed by atoms with Gasteiger partial charge in [0, 0.05) is 0 Å². The van der Waals surface area contributed by atoms with Gasteiger partial charge in [-0.05, 0) is 25.2 Å². The quantitative estimate of drug-likeness (QED) is 0.241. The monoisotopic (exact) mass is 313 g/mol. The van der Waals surface area contributed by atoms with Gasteiger partial charge in [-0.2, -0.15) is 0 Å². The van der Waals surface area contributed by atoms with E-state index in [9.17, 15) is 0 Å². The highest BCUT2D eigenvalue weighted by molar-refractivity contribution is 6.77. The molecule has 0 saturated heterocycles. The predicted octanol–water partition coefficient (Wildman–Crippen LogP) is 6.89. The van der Waals surface area contributed by atoms with Crippen molar-refractivity contribution in [2.75, 3.05) is 7.05 Å². The van der Waals surface area contributed by atoms with Gasteiger partial charge < -0.3 is 4.98 Å². The molecule has 0 bridgehead atoms. The maximum absolute atomic E-state index is 3.89. The molecule has 0 aromatic heterocycles. The average Bonchev–Trinajstić information content (AvgIpc) is 2.51. The normalized spacial score (nSPS) is 12.0. The number of unbranched alkanes of at least 4 members (excludes halogenated alkanes) is 9. The van der Waals surface area contributed by atoms with Crippen LogP contribution in [0.15, 0.2) is 0 Å². The van der Waals surface area contributed by atoms with Crippen LogP contribution < -0.4 is 4.98 Å². The summed E-state index contributed by atoms with van der Waals surface area (Å²) < 4.78 is 0. The van der Waals surface area contributed by atoms with Gasteiger partial charge in [0.25, 0.3) is 0 Å². The highest BCUT2D eigenvalue weighted by Gasteiger charge is 2.29. The molecule has 0 amide bonds. The summed E-state index contributed by atoms with van der Waals surface area (Å²) >= 11 is 0. The molecule has 0 aliphatic heterocycles. The molecule has 0 fully saturated rings. The van der Waals surface area contributed by atoms with E-state index in [0.29, 0.717) is 0 Å². The molecule has 21 heavy (non-hydrogen) atoms. The van der Waals surface area contributed by atoms with Crippen LogP contribution in [0, 0.1) is 0 Å². The number of rotatable bonds is 16. The zero-order valence-electron chi connectivity index (χ0n) is 15.6. The molecule has 0 aromatic carbocycles. The van der Waals surface area contributed by atoms with Gasteiger partial charge in [0.1, 0.15) is 8.24 Å². The lowest BCUT2D eigenvalue weighted by Gasteiger charge is -2.32. The van der Waals surface area contributed by atoms with E-state index in [4.69, 9.17) is 0 Å². The van der Waals surface area contributed by atoms with Crippen molar-refractivity contribution in [1.82, 2.24) is 4.98 Å². The summed E-state index contributed by atoms with van der Waals surface area (Å²) in [4.78, 5) is 3.89. The Morgan fingerprint density at radius 2 is 0.857 bits per heavy atom. The SMILES string of the molecule is CCCCCC[Si](CCCCCC)(CCCCCC)NC. The predicted molar refractivity (Wildman–Crippen MR) is 102 cm³/mol. The maximum atomic E-state index is 3.89. The first-order valence-electron chi connectivity index (χ1n) is 9.93. The number of nitrogens with one attached hydrogen (secondary N) is 1. The van der Waals surface area contributed by atoms with Gasteiger partial charge in [0.15, 0.2) is 0 Å². The van der Waals surface area contributed by atoms with Crippen molar-refractivity contribution >= 4 is 8.24 Å². The molecule has 0 unspecified atom stereocenters. The molecule has 0 aromatic rings. The lowest BCUT2D eigenvalue weighted by Crippen LogP contribution is -2.48. The summed E-state index contributed by atoms with van der Waals surface area (Å²) in [6.45, 7) is 6.95. The number of hydrogen-bond acceptors (Lipinski definition) is 1. The molecule has 0 atom stereocenters. The molecule has 0 aliphatic rings. The van der Waals surface area contributed by atoms with Gasteiger partial charge in [-0.3, -0.25) is 0 Å². The molecule has 0 rings (SSSR count). The third kappa shape index (κ3) is 11.4. The second-order valence-electron chi connectivity index (χ2n) is 6.96. The van der Waals surface area contributed by atoms with Crippen LogP contribution in [0.4, 0.5) is 0 Å². The minimum absolute atomic E-state index is 1.17. The first kappa shape index (κ1) is 21.2. The molecule has 1 N–H and O–H groups in total. The Labute approximate surface area is 136 Å². The van der Waals surface area contributed by atoms with E-state index < -0.39 is 8.24 Å². The third-order valence-electron chi connectivity index (χ3n) is 5.06. The lowest BCUT2D eigenvalue weighted by atomic mass is 10.2. The van der Waals surface area contributed by atoms with Crippen molar-refractivity contribution in [3.63, 3.8) is 0 Å².